The van der Waals surface area contributed by atoms with Crippen molar-refractivity contribution in [3.63, 3.8) is 0 Å². The summed E-state index contributed by atoms with van der Waals surface area (Å²) < 4.78 is 25.9. The van der Waals surface area contributed by atoms with Gasteiger partial charge in [-0.25, -0.2) is 18.6 Å². The predicted molar refractivity (Wildman–Crippen MR) is 64.9 cm³/mol. The Kier molecular flexibility index (Phi) is 3.70. The summed E-state index contributed by atoms with van der Waals surface area (Å²) in [5.41, 5.74) is 0.648. The summed E-state index contributed by atoms with van der Waals surface area (Å²) in [7, 11) is 0. The van der Waals surface area contributed by atoms with Gasteiger partial charge in [0.25, 0.3) is 0 Å². The fourth-order valence-electron chi connectivity index (χ4n) is 1.55. The van der Waals surface area contributed by atoms with Crippen molar-refractivity contribution < 1.29 is 18.7 Å². The van der Waals surface area contributed by atoms with E-state index < -0.39 is 17.6 Å². The van der Waals surface area contributed by atoms with Crippen molar-refractivity contribution in [1.82, 2.24) is 4.98 Å². The second-order valence-corrected chi connectivity index (χ2v) is 3.83. The third-order valence-corrected chi connectivity index (χ3v) is 2.36. The van der Waals surface area contributed by atoms with E-state index in [1.807, 2.05) is 0 Å². The average Bonchev–Trinajstić information content (AvgIpc) is 2.35. The highest BCUT2D eigenvalue weighted by Gasteiger charge is 2.05. The van der Waals surface area contributed by atoms with Gasteiger partial charge in [-0.3, -0.25) is 0 Å². The molecule has 19 heavy (non-hydrogen) atoms. The van der Waals surface area contributed by atoms with Crippen molar-refractivity contribution in [2.75, 3.05) is 5.32 Å². The minimum Gasteiger partial charge on any atom is -0.477 e. The second-order valence-electron chi connectivity index (χ2n) is 3.83. The van der Waals surface area contributed by atoms with Crippen molar-refractivity contribution in [2.45, 2.75) is 6.54 Å². The molecule has 2 aromatic rings. The molecule has 0 amide bonds. The molecule has 0 saturated carbocycles. The zero-order valence-electron chi connectivity index (χ0n) is 9.73. The Morgan fingerprint density at radius 1 is 1.21 bits per heavy atom. The smallest absolute Gasteiger partial charge is 0.354 e. The Balaban J connectivity index is 2.10. The number of anilines is 1. The van der Waals surface area contributed by atoms with Crippen LogP contribution in [0.25, 0.3) is 0 Å². The van der Waals surface area contributed by atoms with E-state index >= 15 is 0 Å². The number of hydrogen-bond acceptors (Lipinski definition) is 3. The molecule has 1 heterocycles. The van der Waals surface area contributed by atoms with Gasteiger partial charge in [-0.05, 0) is 24.3 Å². The topological polar surface area (TPSA) is 62.2 Å². The van der Waals surface area contributed by atoms with Gasteiger partial charge in [0.2, 0.25) is 0 Å². The molecule has 4 nitrogen and oxygen atoms in total. The fraction of sp³-hybridized carbons (Fsp3) is 0.0769. The Morgan fingerprint density at radius 2 is 1.89 bits per heavy atom. The highest BCUT2D eigenvalue weighted by molar-refractivity contribution is 5.85. The van der Waals surface area contributed by atoms with Gasteiger partial charge in [-0.15, -0.1) is 0 Å². The second kappa shape index (κ2) is 5.43. The SMILES string of the molecule is O=C(O)c1cccc(CNc2cc(F)cc(F)c2)n1. The largest absolute Gasteiger partial charge is 0.477 e. The number of nitrogens with one attached hydrogen (secondary N) is 1. The summed E-state index contributed by atoms with van der Waals surface area (Å²) in [5, 5.41) is 11.6. The normalized spacial score (nSPS) is 10.2. The van der Waals surface area contributed by atoms with Crippen LogP contribution in [0.5, 0.6) is 0 Å². The molecule has 98 valence electrons. The summed E-state index contributed by atoms with van der Waals surface area (Å²) in [6.07, 6.45) is 0. The monoisotopic (exact) mass is 264 g/mol. The minimum atomic E-state index is -1.13. The molecule has 1 aromatic carbocycles. The van der Waals surface area contributed by atoms with E-state index in [1.165, 1.54) is 6.07 Å². The number of halogens is 2. The van der Waals surface area contributed by atoms with Crippen LogP contribution in [0, 0.1) is 11.6 Å². The minimum absolute atomic E-state index is 0.0790. The molecule has 1 aromatic heterocycles. The Labute approximate surface area is 107 Å². The molecule has 0 saturated heterocycles. The molecular formula is C13H10F2N2O2. The molecular weight excluding hydrogens is 254 g/mol. The molecule has 2 rings (SSSR count). The summed E-state index contributed by atoms with van der Waals surface area (Å²) >= 11 is 0. The van der Waals surface area contributed by atoms with Crippen LogP contribution in [0.2, 0.25) is 0 Å². The first-order chi connectivity index (χ1) is 9.04. The number of pyridine rings is 1. The molecule has 0 aliphatic carbocycles. The van der Waals surface area contributed by atoms with Crippen LogP contribution in [0.15, 0.2) is 36.4 Å². The molecule has 0 fully saturated rings. The number of aromatic carboxylic acids is 1. The lowest BCUT2D eigenvalue weighted by atomic mass is 10.2. The number of nitrogens with zero attached hydrogens (tertiary/aromatic N) is 1. The van der Waals surface area contributed by atoms with Gasteiger partial charge in [-0.2, -0.15) is 0 Å². The van der Waals surface area contributed by atoms with E-state index in [2.05, 4.69) is 10.3 Å². The number of carboxylic acid groups (broad SMARTS) is 1. The maximum atomic E-state index is 13.0. The Bertz CT molecular complexity index is 597. The number of hydrogen-bond donors (Lipinski definition) is 2. The van der Waals surface area contributed by atoms with Crippen LogP contribution in [0.3, 0.4) is 0 Å². The van der Waals surface area contributed by atoms with Gasteiger partial charge in [-0.1, -0.05) is 6.07 Å². The molecule has 0 unspecified atom stereocenters. The average molecular weight is 264 g/mol. The molecule has 6 heteroatoms. The van der Waals surface area contributed by atoms with Gasteiger partial charge in [0.15, 0.2) is 0 Å². The Hall–Kier alpha value is -2.50. The summed E-state index contributed by atoms with van der Waals surface area (Å²) in [6, 6.07) is 7.60. The van der Waals surface area contributed by atoms with Crippen molar-refractivity contribution >= 4 is 11.7 Å². The summed E-state index contributed by atoms with van der Waals surface area (Å²) in [6.45, 7) is 0.171. The summed E-state index contributed by atoms with van der Waals surface area (Å²) in [4.78, 5) is 14.6. The number of rotatable bonds is 4. The van der Waals surface area contributed by atoms with Crippen LogP contribution in [0.4, 0.5) is 14.5 Å². The van der Waals surface area contributed by atoms with Gasteiger partial charge >= 0.3 is 5.97 Å². The van der Waals surface area contributed by atoms with Crippen LogP contribution < -0.4 is 5.32 Å². The van der Waals surface area contributed by atoms with E-state index in [-0.39, 0.29) is 17.9 Å². The number of carbonyl (C=O) groups is 1. The zero-order valence-corrected chi connectivity index (χ0v) is 9.73. The summed E-state index contributed by atoms with van der Waals surface area (Å²) in [5.74, 6) is -2.50. The highest BCUT2D eigenvalue weighted by atomic mass is 19.1. The van der Waals surface area contributed by atoms with Crippen LogP contribution in [0.1, 0.15) is 16.2 Å². The van der Waals surface area contributed by atoms with E-state index in [9.17, 15) is 13.6 Å². The van der Waals surface area contributed by atoms with Gasteiger partial charge < -0.3 is 10.4 Å². The van der Waals surface area contributed by atoms with E-state index in [0.29, 0.717) is 5.69 Å². The third-order valence-electron chi connectivity index (χ3n) is 2.36. The van der Waals surface area contributed by atoms with Crippen LogP contribution >= 0.6 is 0 Å². The van der Waals surface area contributed by atoms with Crippen molar-refractivity contribution in [2.24, 2.45) is 0 Å². The third kappa shape index (κ3) is 3.48. The van der Waals surface area contributed by atoms with Crippen molar-refractivity contribution in [3.8, 4) is 0 Å². The lowest BCUT2D eigenvalue weighted by molar-refractivity contribution is 0.0690. The van der Waals surface area contributed by atoms with Crippen molar-refractivity contribution in [3.05, 3.63) is 59.4 Å². The van der Waals surface area contributed by atoms with E-state index in [0.717, 1.165) is 18.2 Å². The predicted octanol–water partition coefficient (Wildman–Crippen LogP) is 2.67. The molecule has 0 atom stereocenters. The van der Waals surface area contributed by atoms with Gasteiger partial charge in [0.1, 0.15) is 17.3 Å². The lowest BCUT2D eigenvalue weighted by Crippen LogP contribution is -2.06. The molecule has 0 radical (unpaired) electrons. The fourth-order valence-corrected chi connectivity index (χ4v) is 1.55. The lowest BCUT2D eigenvalue weighted by Gasteiger charge is -2.07. The molecule has 0 aliphatic rings. The quantitative estimate of drug-likeness (QED) is 0.891. The molecule has 2 N–H and O–H groups in total. The highest BCUT2D eigenvalue weighted by Crippen LogP contribution is 2.13. The Morgan fingerprint density at radius 3 is 2.53 bits per heavy atom. The van der Waals surface area contributed by atoms with Crippen LogP contribution in [-0.2, 0) is 6.54 Å². The molecule has 0 spiro atoms. The molecule has 0 bridgehead atoms. The standard InChI is InChI=1S/C13H10F2N2O2/c14-8-4-9(15)6-11(5-8)16-7-10-2-1-3-12(17-10)13(18)19/h1-6,16H,7H2,(H,18,19). The molecule has 0 aliphatic heterocycles. The van der Waals surface area contributed by atoms with Crippen molar-refractivity contribution in [1.29, 1.82) is 0 Å². The van der Waals surface area contributed by atoms with Crippen LogP contribution in [-0.4, -0.2) is 16.1 Å². The van der Waals surface area contributed by atoms with E-state index in [1.54, 1.807) is 12.1 Å². The number of carboxylic acids is 1. The first kappa shape index (κ1) is 12.9. The van der Waals surface area contributed by atoms with Gasteiger partial charge in [0.05, 0.1) is 12.2 Å². The van der Waals surface area contributed by atoms with Gasteiger partial charge in [0, 0.05) is 11.8 Å². The first-order valence-electron chi connectivity index (χ1n) is 5.44. The maximum Gasteiger partial charge on any atom is 0.354 e. The maximum absolute atomic E-state index is 13.0. The first-order valence-corrected chi connectivity index (χ1v) is 5.44. The zero-order chi connectivity index (χ0) is 13.8. The van der Waals surface area contributed by atoms with E-state index in [4.69, 9.17) is 5.11 Å². The number of benzene rings is 1. The number of aromatic nitrogens is 1.